The molecule has 1 aromatic carbocycles. The zero-order valence-electron chi connectivity index (χ0n) is 16.6. The smallest absolute Gasteiger partial charge is 0.322 e. The van der Waals surface area contributed by atoms with E-state index in [-0.39, 0.29) is 42.8 Å². The second-order valence-electron chi connectivity index (χ2n) is 7.87. The third-order valence-electron chi connectivity index (χ3n) is 5.89. The van der Waals surface area contributed by atoms with Gasteiger partial charge in [0.15, 0.2) is 11.6 Å². The summed E-state index contributed by atoms with van der Waals surface area (Å²) in [4.78, 5) is 43.1. The molecule has 0 spiro atoms. The van der Waals surface area contributed by atoms with Gasteiger partial charge in [0.2, 0.25) is 5.91 Å². The number of rotatable bonds is 4. The summed E-state index contributed by atoms with van der Waals surface area (Å²) in [7, 11) is 1.33. The van der Waals surface area contributed by atoms with E-state index in [0.717, 1.165) is 0 Å². The molecule has 0 aliphatic carbocycles. The van der Waals surface area contributed by atoms with Gasteiger partial charge in [-0.1, -0.05) is 12.1 Å². The number of carbonyl (C=O) groups is 3. The number of carbonyl (C=O) groups excluding carboxylic acids is 3. The molecule has 3 atom stereocenters. The Kier molecular flexibility index (Phi) is 4.31. The lowest BCUT2D eigenvalue weighted by molar-refractivity contribution is -0.122. The molecule has 160 valence electrons. The predicted molar refractivity (Wildman–Crippen MR) is 106 cm³/mol. The van der Waals surface area contributed by atoms with Crippen molar-refractivity contribution in [2.24, 2.45) is 10.9 Å². The number of nitrogens with zero attached hydrogens (tertiary/aromatic N) is 2. The molecule has 4 aliphatic rings. The van der Waals surface area contributed by atoms with Crippen molar-refractivity contribution in [2.45, 2.75) is 24.6 Å². The van der Waals surface area contributed by atoms with E-state index in [1.54, 1.807) is 18.5 Å². The Morgan fingerprint density at radius 1 is 1.35 bits per heavy atom. The minimum Gasteiger partial charge on any atom is -0.494 e. The third-order valence-corrected chi connectivity index (χ3v) is 5.89. The number of aliphatic imine (C=N–C) groups is 1. The number of halogens is 1. The highest BCUT2D eigenvalue weighted by molar-refractivity contribution is 6.00. The van der Waals surface area contributed by atoms with E-state index in [1.807, 2.05) is 12.2 Å². The standard InChI is InChI=1S/C21H19FN4O5/c1-30-13-3-2-12-9-26(19(28)17(12)18(13)22)10-21(7-16(27)24-20(29)25-21)15-6-11-4-5-23-8-14(11)31-15/h2-6,8,11,14H,7,9-10H2,1H3,(H2,24,25,27,29)/t11?,14?,21-/m0/s1. The second kappa shape index (κ2) is 6.93. The van der Waals surface area contributed by atoms with Gasteiger partial charge in [0, 0.05) is 24.9 Å². The molecule has 0 aromatic heterocycles. The summed E-state index contributed by atoms with van der Waals surface area (Å²) >= 11 is 0. The average Bonchev–Trinajstić information content (AvgIpc) is 3.30. The normalized spacial score (nSPS) is 28.5. The van der Waals surface area contributed by atoms with E-state index in [9.17, 15) is 18.8 Å². The molecule has 31 heavy (non-hydrogen) atoms. The van der Waals surface area contributed by atoms with E-state index < -0.39 is 29.2 Å². The number of urea groups is 1. The summed E-state index contributed by atoms with van der Waals surface area (Å²) in [5.74, 6) is -1.50. The van der Waals surface area contributed by atoms with Crippen molar-refractivity contribution >= 4 is 24.1 Å². The quantitative estimate of drug-likeness (QED) is 0.753. The molecule has 0 saturated carbocycles. The number of imide groups is 1. The van der Waals surface area contributed by atoms with E-state index >= 15 is 0 Å². The van der Waals surface area contributed by atoms with Crippen molar-refractivity contribution in [3.8, 4) is 5.75 Å². The fourth-order valence-corrected chi connectivity index (χ4v) is 4.45. The van der Waals surface area contributed by atoms with Crippen molar-refractivity contribution in [3.63, 3.8) is 0 Å². The fourth-order valence-electron chi connectivity index (χ4n) is 4.45. The molecule has 0 radical (unpaired) electrons. The summed E-state index contributed by atoms with van der Waals surface area (Å²) in [6.45, 7) is 0.0728. The Labute approximate surface area is 176 Å². The van der Waals surface area contributed by atoms with Gasteiger partial charge in [-0.25, -0.2) is 9.18 Å². The Morgan fingerprint density at radius 3 is 2.94 bits per heavy atom. The number of methoxy groups -OCH3 is 1. The van der Waals surface area contributed by atoms with Crippen LogP contribution in [0.4, 0.5) is 9.18 Å². The Hall–Kier alpha value is -3.69. The maximum Gasteiger partial charge on any atom is 0.322 e. The molecule has 2 N–H and O–H groups in total. The van der Waals surface area contributed by atoms with E-state index in [4.69, 9.17) is 9.47 Å². The van der Waals surface area contributed by atoms with Crippen LogP contribution in [0.1, 0.15) is 22.3 Å². The lowest BCUT2D eigenvalue weighted by Crippen LogP contribution is -2.65. The van der Waals surface area contributed by atoms with E-state index in [0.29, 0.717) is 11.3 Å². The molecule has 10 heteroatoms. The molecule has 0 bridgehead atoms. The Morgan fingerprint density at radius 2 is 2.19 bits per heavy atom. The zero-order chi connectivity index (χ0) is 21.8. The molecule has 1 fully saturated rings. The lowest BCUT2D eigenvalue weighted by Gasteiger charge is -2.40. The number of ether oxygens (including phenoxy) is 2. The van der Waals surface area contributed by atoms with Crippen LogP contribution in [0.15, 0.2) is 41.2 Å². The number of hydrogen-bond donors (Lipinski definition) is 2. The topological polar surface area (TPSA) is 109 Å². The molecule has 2 unspecified atom stereocenters. The molecule has 4 heterocycles. The van der Waals surface area contributed by atoms with Gasteiger partial charge in [-0.15, -0.1) is 0 Å². The van der Waals surface area contributed by atoms with Crippen LogP contribution in [0.3, 0.4) is 0 Å². The number of benzene rings is 1. The van der Waals surface area contributed by atoms with Crippen LogP contribution in [0.5, 0.6) is 5.75 Å². The van der Waals surface area contributed by atoms with Crippen molar-refractivity contribution in [3.05, 3.63) is 53.2 Å². The van der Waals surface area contributed by atoms with Crippen molar-refractivity contribution in [2.75, 3.05) is 13.7 Å². The number of hydrogen-bond acceptors (Lipinski definition) is 6. The zero-order valence-corrected chi connectivity index (χ0v) is 16.6. The highest BCUT2D eigenvalue weighted by Gasteiger charge is 2.50. The first-order chi connectivity index (χ1) is 14.9. The second-order valence-corrected chi connectivity index (χ2v) is 7.87. The van der Waals surface area contributed by atoms with Gasteiger partial charge in [-0.3, -0.25) is 19.9 Å². The van der Waals surface area contributed by atoms with E-state index in [2.05, 4.69) is 15.6 Å². The van der Waals surface area contributed by atoms with Crippen molar-refractivity contribution < 1.29 is 28.2 Å². The summed E-state index contributed by atoms with van der Waals surface area (Å²) < 4.78 is 25.7. The summed E-state index contributed by atoms with van der Waals surface area (Å²) in [5, 5.41) is 4.98. The van der Waals surface area contributed by atoms with Crippen molar-refractivity contribution in [1.82, 2.24) is 15.5 Å². The Bertz CT molecular complexity index is 1080. The molecule has 9 nitrogen and oxygen atoms in total. The van der Waals surface area contributed by atoms with Gasteiger partial charge in [-0.05, 0) is 17.7 Å². The van der Waals surface area contributed by atoms with Gasteiger partial charge in [0.05, 0.1) is 25.6 Å². The maximum absolute atomic E-state index is 14.7. The first-order valence-electron chi connectivity index (χ1n) is 9.76. The van der Waals surface area contributed by atoms with Gasteiger partial charge >= 0.3 is 6.03 Å². The van der Waals surface area contributed by atoms with Crippen LogP contribution in [-0.4, -0.2) is 54.3 Å². The van der Waals surface area contributed by atoms with Gasteiger partial charge in [-0.2, -0.15) is 0 Å². The number of amides is 4. The van der Waals surface area contributed by atoms with Gasteiger partial charge < -0.3 is 19.7 Å². The monoisotopic (exact) mass is 426 g/mol. The van der Waals surface area contributed by atoms with Gasteiger partial charge in [0.1, 0.15) is 17.4 Å². The molecule has 4 aliphatic heterocycles. The average molecular weight is 426 g/mol. The molecular weight excluding hydrogens is 407 g/mol. The number of fused-ring (bicyclic) bond motifs is 2. The first-order valence-corrected chi connectivity index (χ1v) is 9.76. The van der Waals surface area contributed by atoms with Crippen LogP contribution in [0.2, 0.25) is 0 Å². The molecule has 5 rings (SSSR count). The van der Waals surface area contributed by atoms with Gasteiger partial charge in [0.25, 0.3) is 5.91 Å². The maximum atomic E-state index is 14.7. The summed E-state index contributed by atoms with van der Waals surface area (Å²) in [6, 6.07) is 2.42. The van der Waals surface area contributed by atoms with Crippen LogP contribution < -0.4 is 15.4 Å². The SMILES string of the molecule is COc1ccc2c(c1F)C(=O)N(C[C@]1(C3=CC4C=CN=CC4O3)CC(=O)NC(=O)N1)C2. The number of nitrogens with one attached hydrogen (secondary N) is 2. The summed E-state index contributed by atoms with van der Waals surface area (Å²) in [5.41, 5.74) is -0.835. The first kappa shape index (κ1) is 19.3. The molecule has 4 amide bonds. The van der Waals surface area contributed by atoms with Crippen LogP contribution >= 0.6 is 0 Å². The van der Waals surface area contributed by atoms with E-state index in [1.165, 1.54) is 18.1 Å². The minimum absolute atomic E-state index is 0.0222. The minimum atomic E-state index is -1.28. The molecular formula is C21H19FN4O5. The van der Waals surface area contributed by atoms with Crippen molar-refractivity contribution in [1.29, 1.82) is 0 Å². The predicted octanol–water partition coefficient (Wildman–Crippen LogP) is 1.26. The highest BCUT2D eigenvalue weighted by atomic mass is 19.1. The molecule has 1 saturated heterocycles. The lowest BCUT2D eigenvalue weighted by atomic mass is 9.88. The third kappa shape index (κ3) is 3.06. The largest absolute Gasteiger partial charge is 0.494 e. The van der Waals surface area contributed by atoms with Crippen LogP contribution in [-0.2, 0) is 16.1 Å². The fraction of sp³-hybridized carbons (Fsp3) is 0.333. The van der Waals surface area contributed by atoms with Crippen LogP contribution in [0.25, 0.3) is 0 Å². The summed E-state index contributed by atoms with van der Waals surface area (Å²) in [6.07, 6.45) is 6.49. The Balaban J connectivity index is 1.49. The molecule has 1 aromatic rings. The van der Waals surface area contributed by atoms with Crippen LogP contribution in [0, 0.1) is 11.7 Å². The highest BCUT2D eigenvalue weighted by Crippen LogP contribution is 2.38.